The van der Waals surface area contributed by atoms with Crippen LogP contribution in [0.25, 0.3) is 0 Å². The van der Waals surface area contributed by atoms with Crippen molar-refractivity contribution in [2.75, 3.05) is 55.9 Å². The SMILES string of the molecule is CCC(CCC(C)OCC1CO1)(OC)C(OC)(OC)[Si](OC)(OC)OC. The van der Waals surface area contributed by atoms with E-state index in [0.29, 0.717) is 19.4 Å². The van der Waals surface area contributed by atoms with Crippen molar-refractivity contribution in [3.05, 3.63) is 0 Å². The standard InChI is InChI=1S/C17H36O8Si/c1-9-16(18-3,11-10-14(2)24-12-15-13-25-15)17(19-4,20-5)26(21-6,22-7)23-8/h14-15H,9-13H2,1-8H3. The summed E-state index contributed by atoms with van der Waals surface area (Å²) in [7, 11) is 5.93. The van der Waals surface area contributed by atoms with E-state index < -0.39 is 19.8 Å². The molecule has 1 aliphatic heterocycles. The minimum atomic E-state index is -3.40. The van der Waals surface area contributed by atoms with Crippen LogP contribution in [0.2, 0.25) is 0 Å². The van der Waals surface area contributed by atoms with Gasteiger partial charge in [0.05, 0.1) is 19.3 Å². The third-order valence-electron chi connectivity index (χ3n) is 5.27. The Hall–Kier alpha value is -0.103. The fraction of sp³-hybridized carbons (Fsp3) is 1.00. The van der Waals surface area contributed by atoms with Crippen molar-refractivity contribution < 1.29 is 37.0 Å². The number of ether oxygens (including phenoxy) is 5. The van der Waals surface area contributed by atoms with Crippen molar-refractivity contribution in [2.24, 2.45) is 0 Å². The molecule has 3 unspecified atom stereocenters. The molecule has 9 heteroatoms. The first-order chi connectivity index (χ1) is 12.4. The lowest BCUT2D eigenvalue weighted by atomic mass is 9.91. The molecule has 0 aromatic carbocycles. The summed E-state index contributed by atoms with van der Waals surface area (Å²) in [4.78, 5) is 0. The zero-order valence-corrected chi connectivity index (χ0v) is 18.5. The Labute approximate surface area is 158 Å². The molecule has 0 aromatic rings. The van der Waals surface area contributed by atoms with E-state index in [1.807, 2.05) is 13.8 Å². The topological polar surface area (TPSA) is 77.1 Å². The molecular formula is C17H36O8Si. The second kappa shape index (κ2) is 10.4. The van der Waals surface area contributed by atoms with Gasteiger partial charge >= 0.3 is 8.80 Å². The maximum atomic E-state index is 6.00. The van der Waals surface area contributed by atoms with Crippen LogP contribution in [0.3, 0.4) is 0 Å². The molecule has 0 amide bonds. The predicted molar refractivity (Wildman–Crippen MR) is 97.9 cm³/mol. The summed E-state index contributed by atoms with van der Waals surface area (Å²) in [5, 5.41) is 0. The van der Waals surface area contributed by atoms with Crippen LogP contribution in [0.1, 0.15) is 33.1 Å². The van der Waals surface area contributed by atoms with Crippen LogP contribution in [0.5, 0.6) is 0 Å². The van der Waals surface area contributed by atoms with Gasteiger partial charge in [-0.25, -0.2) is 0 Å². The summed E-state index contributed by atoms with van der Waals surface area (Å²) in [6, 6.07) is 0. The molecule has 1 heterocycles. The largest absolute Gasteiger partial charge is 0.566 e. The van der Waals surface area contributed by atoms with Crippen molar-refractivity contribution in [3.63, 3.8) is 0 Å². The minimum Gasteiger partial charge on any atom is -0.376 e. The van der Waals surface area contributed by atoms with Crippen LogP contribution >= 0.6 is 0 Å². The molecule has 1 fully saturated rings. The Bertz CT molecular complexity index is 384. The predicted octanol–water partition coefficient (Wildman–Crippen LogP) is 1.77. The highest BCUT2D eigenvalue weighted by Gasteiger charge is 2.72. The molecule has 0 bridgehead atoms. The molecule has 3 atom stereocenters. The number of epoxide rings is 1. The second-order valence-electron chi connectivity index (χ2n) is 6.38. The number of rotatable bonds is 15. The molecule has 0 spiro atoms. The Kier molecular flexibility index (Phi) is 9.61. The Morgan fingerprint density at radius 1 is 1.00 bits per heavy atom. The fourth-order valence-electron chi connectivity index (χ4n) is 3.55. The van der Waals surface area contributed by atoms with Gasteiger partial charge in [-0.15, -0.1) is 0 Å². The second-order valence-corrected chi connectivity index (χ2v) is 9.38. The highest BCUT2D eigenvalue weighted by molar-refractivity contribution is 6.63. The van der Waals surface area contributed by atoms with E-state index in [2.05, 4.69) is 0 Å². The Morgan fingerprint density at radius 2 is 1.54 bits per heavy atom. The lowest BCUT2D eigenvalue weighted by Crippen LogP contribution is -2.76. The quantitative estimate of drug-likeness (QED) is 0.235. The van der Waals surface area contributed by atoms with Gasteiger partial charge in [0.25, 0.3) is 5.41 Å². The van der Waals surface area contributed by atoms with E-state index in [9.17, 15) is 0 Å². The highest BCUT2D eigenvalue weighted by Crippen LogP contribution is 2.44. The summed E-state index contributed by atoms with van der Waals surface area (Å²) < 4.78 is 45.9. The van der Waals surface area contributed by atoms with Gasteiger partial charge in [0, 0.05) is 42.7 Å². The van der Waals surface area contributed by atoms with Gasteiger partial charge in [0.2, 0.25) is 0 Å². The first-order valence-electron chi connectivity index (χ1n) is 8.94. The summed E-state index contributed by atoms with van der Waals surface area (Å²) in [5.74, 6) is 0. The van der Waals surface area contributed by atoms with E-state index in [-0.39, 0.29) is 12.2 Å². The molecule has 0 radical (unpaired) electrons. The van der Waals surface area contributed by atoms with Gasteiger partial charge in [-0.1, -0.05) is 6.92 Å². The van der Waals surface area contributed by atoms with E-state index in [1.165, 1.54) is 21.3 Å². The molecule has 0 saturated carbocycles. The van der Waals surface area contributed by atoms with E-state index in [1.54, 1.807) is 21.3 Å². The van der Waals surface area contributed by atoms with Gasteiger partial charge in [0.15, 0.2) is 0 Å². The normalized spacial score (nSPS) is 21.5. The maximum Gasteiger partial charge on any atom is 0.566 e. The van der Waals surface area contributed by atoms with Gasteiger partial charge in [0.1, 0.15) is 11.7 Å². The summed E-state index contributed by atoms with van der Waals surface area (Å²) in [6.07, 6.45) is 2.23. The maximum absolute atomic E-state index is 6.00. The third kappa shape index (κ3) is 4.48. The van der Waals surface area contributed by atoms with Crippen LogP contribution in [-0.2, 0) is 37.0 Å². The molecule has 8 nitrogen and oxygen atoms in total. The average Bonchev–Trinajstić information content (AvgIpc) is 3.51. The van der Waals surface area contributed by atoms with Crippen molar-refractivity contribution in [3.8, 4) is 0 Å². The molecule has 0 aliphatic carbocycles. The van der Waals surface area contributed by atoms with E-state index in [0.717, 1.165) is 13.0 Å². The molecule has 0 N–H and O–H groups in total. The molecule has 1 rings (SSSR count). The average molecular weight is 397 g/mol. The Morgan fingerprint density at radius 3 is 1.88 bits per heavy atom. The van der Waals surface area contributed by atoms with Gasteiger partial charge < -0.3 is 37.0 Å². The van der Waals surface area contributed by atoms with Crippen LogP contribution in [0.4, 0.5) is 0 Å². The molecular weight excluding hydrogens is 360 g/mol. The first-order valence-corrected chi connectivity index (χ1v) is 10.7. The van der Waals surface area contributed by atoms with Crippen LogP contribution in [-0.4, -0.2) is 87.9 Å². The molecule has 0 aromatic heterocycles. The van der Waals surface area contributed by atoms with Crippen LogP contribution in [0.15, 0.2) is 0 Å². The Balaban J connectivity index is 3.08. The summed E-state index contributed by atoms with van der Waals surface area (Å²) in [5.41, 5.74) is -2.18. The van der Waals surface area contributed by atoms with Crippen molar-refractivity contribution in [1.82, 2.24) is 0 Å². The lowest BCUT2D eigenvalue weighted by molar-refractivity contribution is -0.293. The summed E-state index contributed by atoms with van der Waals surface area (Å²) >= 11 is 0. The summed E-state index contributed by atoms with van der Waals surface area (Å²) in [6.45, 7) is 5.44. The minimum absolute atomic E-state index is 0.0374. The molecule has 1 aliphatic rings. The number of hydrogen-bond acceptors (Lipinski definition) is 8. The van der Waals surface area contributed by atoms with Crippen molar-refractivity contribution in [2.45, 2.75) is 56.3 Å². The zero-order valence-electron chi connectivity index (χ0n) is 17.5. The van der Waals surface area contributed by atoms with Crippen LogP contribution < -0.4 is 0 Å². The van der Waals surface area contributed by atoms with Crippen molar-refractivity contribution in [1.29, 1.82) is 0 Å². The van der Waals surface area contributed by atoms with Crippen molar-refractivity contribution >= 4 is 8.80 Å². The lowest BCUT2D eigenvalue weighted by Gasteiger charge is -2.51. The molecule has 1 saturated heterocycles. The van der Waals surface area contributed by atoms with Gasteiger partial charge in [-0.3, -0.25) is 0 Å². The first kappa shape index (κ1) is 23.9. The van der Waals surface area contributed by atoms with Gasteiger partial charge in [-0.2, -0.15) is 0 Å². The highest BCUT2D eigenvalue weighted by atomic mass is 28.4. The zero-order chi connectivity index (χ0) is 19.8. The van der Waals surface area contributed by atoms with E-state index >= 15 is 0 Å². The van der Waals surface area contributed by atoms with Crippen LogP contribution in [0, 0.1) is 0 Å². The number of methoxy groups -OCH3 is 3. The number of hydrogen-bond donors (Lipinski definition) is 0. The van der Waals surface area contributed by atoms with E-state index in [4.69, 9.17) is 37.0 Å². The monoisotopic (exact) mass is 396 g/mol. The fourth-order valence-corrected chi connectivity index (χ4v) is 6.32. The smallest absolute Gasteiger partial charge is 0.376 e. The molecule has 156 valence electrons. The molecule has 26 heavy (non-hydrogen) atoms. The third-order valence-corrected chi connectivity index (χ3v) is 8.55. The van der Waals surface area contributed by atoms with Gasteiger partial charge in [-0.05, 0) is 26.2 Å².